The van der Waals surface area contributed by atoms with Gasteiger partial charge >= 0.3 is 0 Å². The summed E-state index contributed by atoms with van der Waals surface area (Å²) in [5, 5.41) is 22.5. The number of nitrogens with zero attached hydrogens (tertiary/aromatic N) is 2. The molecule has 0 bridgehead atoms. The number of carbonyl (C=O) groups excluding carboxylic acids is 1. The molecule has 0 aromatic heterocycles. The fourth-order valence-corrected chi connectivity index (χ4v) is 1.66. The van der Waals surface area contributed by atoms with Gasteiger partial charge in [0, 0.05) is 12.6 Å². The molecule has 1 amide bonds. The molecule has 1 aromatic carbocycles. The molecule has 1 rings (SSSR count). The Morgan fingerprint density at radius 3 is 2.75 bits per heavy atom. The number of aliphatic hydroxyl groups excluding tert-OH is 1. The van der Waals surface area contributed by atoms with Gasteiger partial charge in [0.05, 0.1) is 17.6 Å². The largest absolute Gasteiger partial charge is 0.393 e. The van der Waals surface area contributed by atoms with Crippen LogP contribution in [0, 0.1) is 10.1 Å². The molecule has 0 aliphatic carbocycles. The Morgan fingerprint density at radius 1 is 1.50 bits per heavy atom. The smallest absolute Gasteiger partial charge is 0.292 e. The van der Waals surface area contributed by atoms with Crippen molar-refractivity contribution in [1.82, 2.24) is 4.90 Å². The molecule has 20 heavy (non-hydrogen) atoms. The average Bonchev–Trinajstić information content (AvgIpc) is 2.36. The second-order valence-corrected chi connectivity index (χ2v) is 4.70. The zero-order chi connectivity index (χ0) is 15.1. The molecule has 7 heteroatoms. The molecule has 0 fully saturated rings. The van der Waals surface area contributed by atoms with Crippen molar-refractivity contribution in [3.05, 3.63) is 34.4 Å². The first-order valence-electron chi connectivity index (χ1n) is 6.30. The molecule has 0 saturated carbocycles. The first-order valence-corrected chi connectivity index (χ1v) is 6.30. The fraction of sp³-hybridized carbons (Fsp3) is 0.462. The summed E-state index contributed by atoms with van der Waals surface area (Å²) >= 11 is 0. The minimum atomic E-state index is -0.535. The number of anilines is 1. The lowest BCUT2D eigenvalue weighted by Gasteiger charge is -2.17. The summed E-state index contributed by atoms with van der Waals surface area (Å²) in [6.45, 7) is 2.36. The molecule has 0 radical (unpaired) electrons. The van der Waals surface area contributed by atoms with E-state index in [2.05, 4.69) is 5.32 Å². The van der Waals surface area contributed by atoms with Crippen molar-refractivity contribution in [1.29, 1.82) is 0 Å². The van der Waals surface area contributed by atoms with Crippen LogP contribution in [0.1, 0.15) is 13.3 Å². The topological polar surface area (TPSA) is 95.7 Å². The zero-order valence-corrected chi connectivity index (χ0v) is 11.6. The van der Waals surface area contributed by atoms with Crippen LogP contribution in [-0.2, 0) is 4.79 Å². The van der Waals surface area contributed by atoms with Gasteiger partial charge in [-0.15, -0.1) is 0 Å². The van der Waals surface area contributed by atoms with Gasteiger partial charge < -0.3 is 10.4 Å². The molecule has 0 heterocycles. The van der Waals surface area contributed by atoms with Gasteiger partial charge in [0.2, 0.25) is 5.91 Å². The maximum atomic E-state index is 11.8. The highest BCUT2D eigenvalue weighted by Gasteiger charge is 2.15. The maximum absolute atomic E-state index is 11.8. The van der Waals surface area contributed by atoms with E-state index in [1.807, 2.05) is 0 Å². The number of hydrogen-bond donors (Lipinski definition) is 2. The second-order valence-electron chi connectivity index (χ2n) is 4.70. The van der Waals surface area contributed by atoms with Crippen LogP contribution in [0.3, 0.4) is 0 Å². The molecule has 2 N–H and O–H groups in total. The van der Waals surface area contributed by atoms with Crippen LogP contribution in [0.15, 0.2) is 24.3 Å². The van der Waals surface area contributed by atoms with Gasteiger partial charge in [0.15, 0.2) is 0 Å². The Labute approximate surface area is 117 Å². The van der Waals surface area contributed by atoms with E-state index in [1.54, 1.807) is 31.0 Å². The third-order valence-electron chi connectivity index (χ3n) is 2.72. The summed E-state index contributed by atoms with van der Waals surface area (Å²) in [6.07, 6.45) is 0.144. The Kier molecular flexibility index (Phi) is 6.08. The quantitative estimate of drug-likeness (QED) is 0.579. The van der Waals surface area contributed by atoms with E-state index < -0.39 is 11.0 Å². The molecule has 1 unspecified atom stereocenters. The molecule has 0 saturated heterocycles. The predicted octanol–water partition coefficient (Wildman–Crippen LogP) is 1.24. The monoisotopic (exact) mass is 281 g/mol. The summed E-state index contributed by atoms with van der Waals surface area (Å²) in [5.41, 5.74) is 0.0545. The number of likely N-dealkylation sites (N-methyl/N-ethyl adjacent to an activating group) is 1. The number of aliphatic hydroxyl groups is 1. The van der Waals surface area contributed by atoms with Crippen molar-refractivity contribution >= 4 is 17.3 Å². The molecular formula is C13H19N3O4. The fourth-order valence-electron chi connectivity index (χ4n) is 1.66. The predicted molar refractivity (Wildman–Crippen MR) is 75.5 cm³/mol. The number of nitro benzene ring substituents is 1. The highest BCUT2D eigenvalue weighted by atomic mass is 16.6. The lowest BCUT2D eigenvalue weighted by molar-refractivity contribution is -0.383. The number of nitro groups is 1. The van der Waals surface area contributed by atoms with Crippen molar-refractivity contribution in [2.24, 2.45) is 0 Å². The third-order valence-corrected chi connectivity index (χ3v) is 2.72. The van der Waals surface area contributed by atoms with Crippen molar-refractivity contribution in [2.45, 2.75) is 19.4 Å². The minimum absolute atomic E-state index is 0.110. The summed E-state index contributed by atoms with van der Waals surface area (Å²) in [5.74, 6) is -0.326. The number of benzene rings is 1. The van der Waals surface area contributed by atoms with Gasteiger partial charge in [0.1, 0.15) is 5.69 Å². The maximum Gasteiger partial charge on any atom is 0.292 e. The van der Waals surface area contributed by atoms with Gasteiger partial charge in [0.25, 0.3) is 5.69 Å². The van der Waals surface area contributed by atoms with E-state index in [1.165, 1.54) is 12.1 Å². The van der Waals surface area contributed by atoms with Crippen LogP contribution in [0.5, 0.6) is 0 Å². The summed E-state index contributed by atoms with van der Waals surface area (Å²) < 4.78 is 0. The number of nitrogens with one attached hydrogen (secondary N) is 1. The van der Waals surface area contributed by atoms with Crippen molar-refractivity contribution in [3.63, 3.8) is 0 Å². The van der Waals surface area contributed by atoms with Gasteiger partial charge in [-0.05, 0) is 26.5 Å². The Bertz CT molecular complexity index is 476. The molecule has 0 aliphatic heterocycles. The van der Waals surface area contributed by atoms with Crippen LogP contribution in [0.2, 0.25) is 0 Å². The number of carbonyl (C=O) groups is 1. The summed E-state index contributed by atoms with van der Waals surface area (Å²) in [6, 6.07) is 6.00. The molecule has 7 nitrogen and oxygen atoms in total. The number of para-hydroxylation sites is 2. The molecule has 0 spiro atoms. The second kappa shape index (κ2) is 7.56. The first-order chi connectivity index (χ1) is 9.40. The molecule has 1 atom stereocenters. The highest BCUT2D eigenvalue weighted by Crippen LogP contribution is 2.22. The lowest BCUT2D eigenvalue weighted by atomic mass is 10.2. The molecule has 1 aromatic rings. The average molecular weight is 281 g/mol. The zero-order valence-electron chi connectivity index (χ0n) is 11.6. The van der Waals surface area contributed by atoms with E-state index in [9.17, 15) is 14.9 Å². The highest BCUT2D eigenvalue weighted by molar-refractivity contribution is 5.94. The molecule has 0 aliphatic rings. The van der Waals surface area contributed by atoms with Crippen LogP contribution in [0.4, 0.5) is 11.4 Å². The SMILES string of the molecule is CC(O)CCN(C)CC(=O)Nc1ccccc1[N+](=O)[O-]. The van der Waals surface area contributed by atoms with Crippen LogP contribution < -0.4 is 5.32 Å². The van der Waals surface area contributed by atoms with Gasteiger partial charge in [-0.2, -0.15) is 0 Å². The van der Waals surface area contributed by atoms with E-state index in [-0.39, 0.29) is 23.8 Å². The van der Waals surface area contributed by atoms with Crippen LogP contribution in [0.25, 0.3) is 0 Å². The molecule has 110 valence electrons. The van der Waals surface area contributed by atoms with Crippen molar-refractivity contribution in [2.75, 3.05) is 25.5 Å². The van der Waals surface area contributed by atoms with Gasteiger partial charge in [-0.3, -0.25) is 19.8 Å². The van der Waals surface area contributed by atoms with Crippen LogP contribution in [-0.4, -0.2) is 47.1 Å². The minimum Gasteiger partial charge on any atom is -0.393 e. The Morgan fingerprint density at radius 2 is 2.15 bits per heavy atom. The van der Waals surface area contributed by atoms with Crippen molar-refractivity contribution < 1.29 is 14.8 Å². The number of amides is 1. The normalized spacial score (nSPS) is 12.2. The van der Waals surface area contributed by atoms with Crippen LogP contribution >= 0.6 is 0 Å². The van der Waals surface area contributed by atoms with E-state index in [4.69, 9.17) is 5.11 Å². The Balaban J connectivity index is 2.56. The Hall–Kier alpha value is -1.99. The summed E-state index contributed by atoms with van der Waals surface area (Å²) in [4.78, 5) is 23.8. The van der Waals surface area contributed by atoms with E-state index >= 15 is 0 Å². The summed E-state index contributed by atoms with van der Waals surface area (Å²) in [7, 11) is 1.75. The third kappa shape index (κ3) is 5.33. The lowest BCUT2D eigenvalue weighted by Crippen LogP contribution is -2.32. The standard InChI is InChI=1S/C13H19N3O4/c1-10(17)7-8-15(2)9-13(18)14-11-5-3-4-6-12(11)16(19)20/h3-6,10,17H,7-9H2,1-2H3,(H,14,18). The molecular weight excluding hydrogens is 262 g/mol. The number of rotatable bonds is 7. The first kappa shape index (κ1) is 16.1. The van der Waals surface area contributed by atoms with E-state index in [0.717, 1.165) is 0 Å². The number of hydrogen-bond acceptors (Lipinski definition) is 5. The van der Waals surface area contributed by atoms with Gasteiger partial charge in [-0.1, -0.05) is 12.1 Å². The van der Waals surface area contributed by atoms with Gasteiger partial charge in [-0.25, -0.2) is 0 Å². The van der Waals surface area contributed by atoms with Crippen molar-refractivity contribution in [3.8, 4) is 0 Å². The van der Waals surface area contributed by atoms with E-state index in [0.29, 0.717) is 13.0 Å².